The molecule has 0 atom stereocenters. The lowest BCUT2D eigenvalue weighted by molar-refractivity contribution is -0.141. The van der Waals surface area contributed by atoms with Gasteiger partial charge in [0.1, 0.15) is 10.6 Å². The Hall–Kier alpha value is -2.12. The maximum Gasteiger partial charge on any atom is 0.433 e. The molecule has 116 valence electrons. The number of nitrogens with zero attached hydrogens (tertiary/aromatic N) is 3. The molecule has 0 N–H and O–H groups in total. The van der Waals surface area contributed by atoms with Crippen LogP contribution in [0.3, 0.4) is 0 Å². The van der Waals surface area contributed by atoms with E-state index in [1.54, 1.807) is 5.38 Å². The van der Waals surface area contributed by atoms with Gasteiger partial charge in [-0.15, -0.1) is 17.8 Å². The number of thiazole rings is 1. The van der Waals surface area contributed by atoms with Crippen LogP contribution in [0.1, 0.15) is 5.69 Å². The normalized spacial score (nSPS) is 11.9. The van der Waals surface area contributed by atoms with Crippen LogP contribution in [-0.4, -0.2) is 24.9 Å². The van der Waals surface area contributed by atoms with Gasteiger partial charge in [0.05, 0.1) is 6.54 Å². The molecule has 22 heavy (non-hydrogen) atoms. The Labute approximate surface area is 128 Å². The lowest BCUT2D eigenvalue weighted by Crippen LogP contribution is -2.31. The summed E-state index contributed by atoms with van der Waals surface area (Å²) in [5, 5.41) is 1.68. The maximum absolute atomic E-state index is 12.5. The Morgan fingerprint density at radius 1 is 1.32 bits per heavy atom. The molecule has 0 aliphatic heterocycles. The van der Waals surface area contributed by atoms with E-state index in [0.29, 0.717) is 12.3 Å². The van der Waals surface area contributed by atoms with Gasteiger partial charge in [0.25, 0.3) is 10.0 Å². The van der Waals surface area contributed by atoms with E-state index < -0.39 is 26.8 Å². The summed E-state index contributed by atoms with van der Waals surface area (Å²) < 4.78 is 63.1. The number of hydrogen-bond donors (Lipinski definition) is 0. The van der Waals surface area contributed by atoms with E-state index in [1.165, 1.54) is 6.20 Å². The number of anilines is 1. The first-order valence-electron chi connectivity index (χ1n) is 5.66. The van der Waals surface area contributed by atoms with Crippen LogP contribution in [0.25, 0.3) is 0 Å². The SMILES string of the molecule is C#CCN(c1nccs1)S(=O)(=O)c1ccc(C(F)(F)F)nc1. The first-order valence-corrected chi connectivity index (χ1v) is 7.97. The second kappa shape index (κ2) is 5.94. The van der Waals surface area contributed by atoms with Crippen molar-refractivity contribution in [2.75, 3.05) is 10.8 Å². The molecule has 0 aliphatic rings. The molecule has 0 bridgehead atoms. The van der Waals surface area contributed by atoms with Crippen LogP contribution in [-0.2, 0) is 16.2 Å². The largest absolute Gasteiger partial charge is 0.433 e. The minimum atomic E-state index is -4.64. The highest BCUT2D eigenvalue weighted by Crippen LogP contribution is 2.29. The van der Waals surface area contributed by atoms with Gasteiger partial charge in [-0.2, -0.15) is 13.2 Å². The van der Waals surface area contributed by atoms with E-state index in [1.807, 2.05) is 0 Å². The average Bonchev–Trinajstić information content (AvgIpc) is 2.97. The van der Waals surface area contributed by atoms with Crippen LogP contribution >= 0.6 is 11.3 Å². The van der Waals surface area contributed by atoms with Crippen LogP contribution in [0, 0.1) is 12.3 Å². The number of alkyl halides is 3. The molecule has 2 rings (SSSR count). The smallest absolute Gasteiger partial charge is 0.250 e. The van der Waals surface area contributed by atoms with E-state index in [2.05, 4.69) is 15.9 Å². The van der Waals surface area contributed by atoms with Gasteiger partial charge < -0.3 is 0 Å². The predicted octanol–water partition coefficient (Wildman–Crippen LogP) is 2.39. The van der Waals surface area contributed by atoms with Crippen molar-refractivity contribution in [3.8, 4) is 12.3 Å². The third-order valence-electron chi connectivity index (χ3n) is 2.48. The van der Waals surface area contributed by atoms with Crippen molar-refractivity contribution in [1.29, 1.82) is 0 Å². The van der Waals surface area contributed by atoms with Gasteiger partial charge in [-0.1, -0.05) is 5.92 Å². The predicted molar refractivity (Wildman–Crippen MR) is 74.7 cm³/mol. The lowest BCUT2D eigenvalue weighted by Gasteiger charge is -2.19. The zero-order chi connectivity index (χ0) is 16.4. The highest BCUT2D eigenvalue weighted by Gasteiger charge is 2.33. The summed E-state index contributed by atoms with van der Waals surface area (Å²) in [5.41, 5.74) is -1.18. The summed E-state index contributed by atoms with van der Waals surface area (Å²) in [5.74, 6) is 2.18. The molecule has 0 aliphatic carbocycles. The fraction of sp³-hybridized carbons (Fsp3) is 0.167. The number of hydrogen-bond acceptors (Lipinski definition) is 5. The summed E-state index contributed by atoms with van der Waals surface area (Å²) in [7, 11) is -4.14. The van der Waals surface area contributed by atoms with Gasteiger partial charge in [0, 0.05) is 17.8 Å². The first-order chi connectivity index (χ1) is 10.3. The van der Waals surface area contributed by atoms with E-state index in [4.69, 9.17) is 6.42 Å². The van der Waals surface area contributed by atoms with Gasteiger partial charge in [-0.05, 0) is 12.1 Å². The Bertz CT molecular complexity index is 779. The molecule has 2 heterocycles. The van der Waals surface area contributed by atoms with E-state index in [0.717, 1.165) is 21.7 Å². The number of sulfonamides is 1. The third-order valence-corrected chi connectivity index (χ3v) is 5.11. The van der Waals surface area contributed by atoms with E-state index >= 15 is 0 Å². The van der Waals surface area contributed by atoms with Crippen molar-refractivity contribution in [3.05, 3.63) is 35.6 Å². The first kappa shape index (κ1) is 16.3. The van der Waals surface area contributed by atoms with Gasteiger partial charge >= 0.3 is 6.18 Å². The van der Waals surface area contributed by atoms with Crippen LogP contribution in [0.2, 0.25) is 0 Å². The van der Waals surface area contributed by atoms with Crippen molar-refractivity contribution in [1.82, 2.24) is 9.97 Å². The lowest BCUT2D eigenvalue weighted by atomic mass is 10.3. The molecule has 10 heteroatoms. The molecule has 0 unspecified atom stereocenters. The molecular weight excluding hydrogens is 339 g/mol. The average molecular weight is 347 g/mol. The zero-order valence-electron chi connectivity index (χ0n) is 10.8. The Morgan fingerprint density at radius 3 is 2.50 bits per heavy atom. The Kier molecular flexibility index (Phi) is 4.39. The van der Waals surface area contributed by atoms with Crippen LogP contribution in [0.15, 0.2) is 34.8 Å². The molecule has 2 aromatic heterocycles. The molecular formula is C12H8F3N3O2S2. The van der Waals surface area contributed by atoms with Gasteiger partial charge in [0.15, 0.2) is 5.13 Å². The molecule has 0 fully saturated rings. The zero-order valence-corrected chi connectivity index (χ0v) is 12.4. The van der Waals surface area contributed by atoms with Crippen LogP contribution < -0.4 is 4.31 Å². The maximum atomic E-state index is 12.5. The topological polar surface area (TPSA) is 63.2 Å². The second-order valence-corrected chi connectivity index (χ2v) is 6.64. The summed E-state index contributed by atoms with van der Waals surface area (Å²) in [4.78, 5) is 6.60. The molecule has 5 nitrogen and oxygen atoms in total. The fourth-order valence-corrected chi connectivity index (χ4v) is 3.65. The highest BCUT2D eigenvalue weighted by molar-refractivity contribution is 7.93. The van der Waals surface area contributed by atoms with Crippen molar-refractivity contribution >= 4 is 26.5 Å². The number of rotatable bonds is 4. The molecule has 0 aromatic carbocycles. The van der Waals surface area contributed by atoms with Crippen molar-refractivity contribution in [2.24, 2.45) is 0 Å². The minimum absolute atomic E-state index is 0.123. The van der Waals surface area contributed by atoms with Gasteiger partial charge in [-0.3, -0.25) is 4.98 Å². The summed E-state index contributed by atoms with van der Waals surface area (Å²) in [6.45, 7) is -0.295. The van der Waals surface area contributed by atoms with E-state index in [9.17, 15) is 21.6 Å². The Balaban J connectivity index is 2.42. The summed E-state index contributed by atoms with van der Waals surface area (Å²) >= 11 is 1.04. The quantitative estimate of drug-likeness (QED) is 0.797. The molecule has 2 aromatic rings. The van der Waals surface area contributed by atoms with Gasteiger partial charge in [-0.25, -0.2) is 17.7 Å². The van der Waals surface area contributed by atoms with Crippen molar-refractivity contribution in [3.63, 3.8) is 0 Å². The molecule has 0 saturated carbocycles. The van der Waals surface area contributed by atoms with Crippen molar-refractivity contribution in [2.45, 2.75) is 11.1 Å². The molecule has 0 saturated heterocycles. The van der Waals surface area contributed by atoms with Crippen molar-refractivity contribution < 1.29 is 21.6 Å². The summed E-state index contributed by atoms with van der Waals surface area (Å²) in [6.07, 6.45) is 2.55. The highest BCUT2D eigenvalue weighted by atomic mass is 32.2. The fourth-order valence-electron chi connectivity index (χ4n) is 1.51. The van der Waals surface area contributed by atoms with Crippen LogP contribution in [0.5, 0.6) is 0 Å². The second-order valence-electron chi connectivity index (χ2n) is 3.91. The number of terminal acetylenes is 1. The number of pyridine rings is 1. The minimum Gasteiger partial charge on any atom is -0.250 e. The van der Waals surface area contributed by atoms with Crippen LogP contribution in [0.4, 0.5) is 18.3 Å². The van der Waals surface area contributed by atoms with E-state index in [-0.39, 0.29) is 11.7 Å². The molecule has 0 spiro atoms. The third kappa shape index (κ3) is 3.20. The Morgan fingerprint density at radius 2 is 2.05 bits per heavy atom. The number of halogens is 3. The summed E-state index contributed by atoms with van der Waals surface area (Å²) in [6, 6.07) is 1.44. The number of aromatic nitrogens is 2. The van der Waals surface area contributed by atoms with Gasteiger partial charge in [0.2, 0.25) is 0 Å². The molecule has 0 radical (unpaired) electrons. The standard InChI is InChI=1S/C12H8F3N3O2S2/c1-2-6-18(11-16-5-7-21-11)22(19,20)9-3-4-10(17-8-9)12(13,14)15/h1,3-5,7-8H,6H2. The molecule has 0 amide bonds. The monoisotopic (exact) mass is 347 g/mol.